The van der Waals surface area contributed by atoms with Crippen molar-refractivity contribution in [2.24, 2.45) is 0 Å². The van der Waals surface area contributed by atoms with E-state index >= 15 is 0 Å². The van der Waals surface area contributed by atoms with Gasteiger partial charge >= 0.3 is 6.03 Å². The summed E-state index contributed by atoms with van der Waals surface area (Å²) in [5.41, 5.74) is 2.69. The minimum absolute atomic E-state index is 0.229. The van der Waals surface area contributed by atoms with Crippen LogP contribution in [0, 0.1) is 0 Å². The number of rotatable bonds is 6. The molecular weight excluding hydrogens is 354 g/mol. The van der Waals surface area contributed by atoms with Gasteiger partial charge in [0.1, 0.15) is 12.4 Å². The zero-order valence-corrected chi connectivity index (χ0v) is 15.4. The molecule has 3 rings (SSSR count). The van der Waals surface area contributed by atoms with Gasteiger partial charge in [0.2, 0.25) is 0 Å². The summed E-state index contributed by atoms with van der Waals surface area (Å²) in [6.07, 6.45) is 0. The topological polar surface area (TPSA) is 79.5 Å². The third-order valence-corrected chi connectivity index (χ3v) is 3.97. The second-order valence-electron chi connectivity index (χ2n) is 6.04. The van der Waals surface area contributed by atoms with Crippen molar-refractivity contribution in [3.05, 3.63) is 90.0 Å². The van der Waals surface area contributed by atoms with E-state index in [0.29, 0.717) is 23.5 Å². The van der Waals surface area contributed by atoms with Gasteiger partial charge in [0.25, 0.3) is 5.91 Å². The molecule has 3 N–H and O–H groups in total. The van der Waals surface area contributed by atoms with Crippen molar-refractivity contribution in [3.63, 3.8) is 0 Å². The molecule has 0 saturated carbocycles. The molecule has 6 heteroatoms. The summed E-state index contributed by atoms with van der Waals surface area (Å²) in [6.45, 7) is 0.430. The summed E-state index contributed by atoms with van der Waals surface area (Å²) in [5, 5.41) is 7.97. The highest BCUT2D eigenvalue weighted by Gasteiger charge is 2.07. The van der Waals surface area contributed by atoms with E-state index in [-0.39, 0.29) is 11.9 Å². The van der Waals surface area contributed by atoms with Crippen LogP contribution >= 0.6 is 0 Å². The van der Waals surface area contributed by atoms with Crippen molar-refractivity contribution in [2.45, 2.75) is 6.61 Å². The minimum atomic E-state index is -0.322. The van der Waals surface area contributed by atoms with Gasteiger partial charge in [-0.25, -0.2) is 4.79 Å². The number of anilines is 2. The minimum Gasteiger partial charge on any atom is -0.489 e. The first kappa shape index (κ1) is 19.0. The van der Waals surface area contributed by atoms with Crippen molar-refractivity contribution in [1.82, 2.24) is 5.32 Å². The summed E-state index contributed by atoms with van der Waals surface area (Å²) in [7, 11) is 1.54. The number of carbonyl (C=O) groups is 2. The lowest BCUT2D eigenvalue weighted by molar-refractivity contribution is 0.102. The first-order chi connectivity index (χ1) is 13.6. The molecule has 0 spiro atoms. The molecule has 0 heterocycles. The third-order valence-electron chi connectivity index (χ3n) is 3.97. The maximum atomic E-state index is 12.5. The van der Waals surface area contributed by atoms with Gasteiger partial charge in [0.05, 0.1) is 0 Å². The van der Waals surface area contributed by atoms with Gasteiger partial charge in [-0.2, -0.15) is 0 Å². The lowest BCUT2D eigenvalue weighted by Gasteiger charge is -2.09. The molecule has 0 atom stereocenters. The SMILES string of the molecule is CNC(=O)Nc1cccc(NC(=O)c2ccc(COc3ccccc3)cc2)c1. The third kappa shape index (κ3) is 5.35. The molecule has 0 unspecified atom stereocenters. The Morgan fingerprint density at radius 2 is 1.50 bits per heavy atom. The van der Waals surface area contributed by atoms with E-state index in [0.717, 1.165) is 11.3 Å². The maximum absolute atomic E-state index is 12.5. The van der Waals surface area contributed by atoms with Crippen LogP contribution in [0.3, 0.4) is 0 Å². The van der Waals surface area contributed by atoms with Gasteiger partial charge in [-0.1, -0.05) is 36.4 Å². The highest BCUT2D eigenvalue weighted by Crippen LogP contribution is 2.17. The first-order valence-electron chi connectivity index (χ1n) is 8.81. The van der Waals surface area contributed by atoms with Crippen LogP contribution < -0.4 is 20.7 Å². The Balaban J connectivity index is 1.58. The van der Waals surface area contributed by atoms with Gasteiger partial charge in [0, 0.05) is 24.0 Å². The Hall–Kier alpha value is -3.80. The number of carbonyl (C=O) groups excluding carboxylic acids is 2. The predicted molar refractivity (Wildman–Crippen MR) is 110 cm³/mol. The summed E-state index contributed by atoms with van der Waals surface area (Å²) >= 11 is 0. The lowest BCUT2D eigenvalue weighted by atomic mass is 10.1. The van der Waals surface area contributed by atoms with E-state index in [2.05, 4.69) is 16.0 Å². The average Bonchev–Trinajstić information content (AvgIpc) is 2.73. The number of urea groups is 1. The molecule has 0 bridgehead atoms. The molecular formula is C22H21N3O3. The molecule has 0 fully saturated rings. The van der Waals surface area contributed by atoms with E-state index in [1.54, 1.807) is 36.4 Å². The molecule has 3 amide bonds. The van der Waals surface area contributed by atoms with Crippen LogP contribution in [-0.2, 0) is 6.61 Å². The molecule has 3 aromatic carbocycles. The molecule has 6 nitrogen and oxygen atoms in total. The second-order valence-corrected chi connectivity index (χ2v) is 6.04. The van der Waals surface area contributed by atoms with Gasteiger partial charge in [-0.05, 0) is 48.0 Å². The fourth-order valence-corrected chi connectivity index (χ4v) is 2.51. The molecule has 0 aliphatic rings. The second kappa shape index (κ2) is 9.23. The van der Waals surface area contributed by atoms with Gasteiger partial charge in [0.15, 0.2) is 0 Å². The largest absolute Gasteiger partial charge is 0.489 e. The highest BCUT2D eigenvalue weighted by molar-refractivity contribution is 6.04. The Morgan fingerprint density at radius 1 is 0.821 bits per heavy atom. The molecule has 0 aliphatic carbocycles. The zero-order valence-electron chi connectivity index (χ0n) is 15.4. The van der Waals surface area contributed by atoms with E-state index < -0.39 is 0 Å². The number of hydrogen-bond acceptors (Lipinski definition) is 3. The Labute approximate surface area is 163 Å². The number of benzene rings is 3. The van der Waals surface area contributed by atoms with E-state index in [4.69, 9.17) is 4.74 Å². The molecule has 0 aromatic heterocycles. The Kier molecular flexibility index (Phi) is 6.25. The fraction of sp³-hybridized carbons (Fsp3) is 0.0909. The number of amides is 3. The quantitative estimate of drug-likeness (QED) is 0.602. The summed E-state index contributed by atoms with van der Waals surface area (Å²) in [4.78, 5) is 23.8. The standard InChI is InChI=1S/C22H21N3O3/c1-23-22(27)25-19-7-5-6-18(14-19)24-21(26)17-12-10-16(11-13-17)15-28-20-8-3-2-4-9-20/h2-14H,15H2,1H3,(H,24,26)(H2,23,25,27). The van der Waals surface area contributed by atoms with Crippen LogP contribution in [0.5, 0.6) is 5.75 Å². The summed E-state index contributed by atoms with van der Waals surface area (Å²) in [6, 6.07) is 23.4. The van der Waals surface area contributed by atoms with Crippen molar-refractivity contribution >= 4 is 23.3 Å². The molecule has 3 aromatic rings. The molecule has 0 radical (unpaired) electrons. The summed E-state index contributed by atoms with van der Waals surface area (Å²) in [5.74, 6) is 0.571. The first-order valence-corrected chi connectivity index (χ1v) is 8.81. The fourth-order valence-electron chi connectivity index (χ4n) is 2.51. The average molecular weight is 375 g/mol. The number of nitrogens with one attached hydrogen (secondary N) is 3. The Morgan fingerprint density at radius 3 is 2.18 bits per heavy atom. The molecule has 0 saturated heterocycles. The van der Waals surface area contributed by atoms with Gasteiger partial charge < -0.3 is 20.7 Å². The number of ether oxygens (including phenoxy) is 1. The highest BCUT2D eigenvalue weighted by atomic mass is 16.5. The maximum Gasteiger partial charge on any atom is 0.318 e. The lowest BCUT2D eigenvalue weighted by Crippen LogP contribution is -2.24. The van der Waals surface area contributed by atoms with Crippen LogP contribution in [0.1, 0.15) is 15.9 Å². The van der Waals surface area contributed by atoms with E-state index in [1.165, 1.54) is 7.05 Å². The van der Waals surface area contributed by atoms with E-state index in [9.17, 15) is 9.59 Å². The number of hydrogen-bond donors (Lipinski definition) is 3. The van der Waals surface area contributed by atoms with Crippen LogP contribution in [0.25, 0.3) is 0 Å². The molecule has 28 heavy (non-hydrogen) atoms. The van der Waals surface area contributed by atoms with E-state index in [1.807, 2.05) is 42.5 Å². The van der Waals surface area contributed by atoms with Crippen molar-refractivity contribution in [2.75, 3.05) is 17.7 Å². The number of para-hydroxylation sites is 1. The zero-order chi connectivity index (χ0) is 19.8. The van der Waals surface area contributed by atoms with Crippen molar-refractivity contribution < 1.29 is 14.3 Å². The van der Waals surface area contributed by atoms with Crippen molar-refractivity contribution in [3.8, 4) is 5.75 Å². The monoisotopic (exact) mass is 375 g/mol. The van der Waals surface area contributed by atoms with Crippen molar-refractivity contribution in [1.29, 1.82) is 0 Å². The molecule has 142 valence electrons. The van der Waals surface area contributed by atoms with Crippen LogP contribution in [0.2, 0.25) is 0 Å². The predicted octanol–water partition coefficient (Wildman–Crippen LogP) is 4.27. The van der Waals surface area contributed by atoms with Crippen LogP contribution in [-0.4, -0.2) is 19.0 Å². The van der Waals surface area contributed by atoms with Crippen LogP contribution in [0.15, 0.2) is 78.9 Å². The summed E-state index contributed by atoms with van der Waals surface area (Å²) < 4.78 is 5.70. The van der Waals surface area contributed by atoms with Gasteiger partial charge in [-0.3, -0.25) is 4.79 Å². The molecule has 0 aliphatic heterocycles. The van der Waals surface area contributed by atoms with Gasteiger partial charge in [-0.15, -0.1) is 0 Å². The smallest absolute Gasteiger partial charge is 0.318 e. The Bertz CT molecular complexity index is 941. The van der Waals surface area contributed by atoms with Crippen LogP contribution in [0.4, 0.5) is 16.2 Å². The normalized spacial score (nSPS) is 10.0.